The number of benzene rings is 6. The van der Waals surface area contributed by atoms with Crippen molar-refractivity contribution in [3.05, 3.63) is 150 Å². The molecule has 0 aliphatic carbocycles. The van der Waals surface area contributed by atoms with E-state index in [9.17, 15) is 0 Å². The molecule has 6 aromatic carbocycles. The van der Waals surface area contributed by atoms with Gasteiger partial charge in [-0.1, -0.05) is 113 Å². The Labute approximate surface area is 298 Å². The van der Waals surface area contributed by atoms with E-state index < -0.39 is 20.6 Å². The number of pyridine rings is 2. The van der Waals surface area contributed by atoms with Crippen molar-refractivity contribution in [1.29, 1.82) is 0 Å². The minimum Gasteiger partial charge on any atom is -0.348 e. The largest absolute Gasteiger partial charge is 0.348 e. The second-order valence-corrected chi connectivity index (χ2v) is 11.4. The molecule has 0 unspecified atom stereocenters. The van der Waals surface area contributed by atoms with Crippen LogP contribution in [0.15, 0.2) is 122 Å². The molecule has 0 bridgehead atoms. The second-order valence-electron chi connectivity index (χ2n) is 11.4. The Morgan fingerprint density at radius 3 is 2.19 bits per heavy atom. The molecule has 0 atom stereocenters. The number of aryl methyl sites for hydroxylation is 3. The minimum absolute atomic E-state index is 0. The van der Waals surface area contributed by atoms with Gasteiger partial charge in [0.1, 0.15) is 0 Å². The molecule has 10 aromatic rings. The van der Waals surface area contributed by atoms with Crippen LogP contribution in [0.4, 0.5) is 0 Å². The molecule has 0 amide bonds. The Morgan fingerprint density at radius 1 is 0.617 bits per heavy atom. The van der Waals surface area contributed by atoms with Crippen LogP contribution < -0.4 is 0 Å². The van der Waals surface area contributed by atoms with Crippen LogP contribution in [-0.2, 0) is 20.1 Å². The van der Waals surface area contributed by atoms with E-state index in [1.54, 1.807) is 0 Å². The Bertz CT molecular complexity index is 3110. The molecule has 10 rings (SSSR count). The topological polar surface area (TPSA) is 30.2 Å². The molecular weight excluding hydrogens is 751 g/mol. The van der Waals surface area contributed by atoms with Gasteiger partial charge in [0.15, 0.2) is 0 Å². The van der Waals surface area contributed by atoms with Gasteiger partial charge in [-0.2, -0.15) is 0 Å². The molecule has 0 aliphatic heterocycles. The van der Waals surface area contributed by atoms with Gasteiger partial charge in [-0.15, -0.1) is 41.5 Å². The Morgan fingerprint density at radius 2 is 1.38 bits per heavy atom. The van der Waals surface area contributed by atoms with Crippen molar-refractivity contribution in [2.45, 2.75) is 20.6 Å². The van der Waals surface area contributed by atoms with E-state index in [0.29, 0.717) is 5.56 Å². The molecule has 47 heavy (non-hydrogen) atoms. The molecule has 4 heteroatoms. The minimum atomic E-state index is -2.61. The summed E-state index contributed by atoms with van der Waals surface area (Å²) in [5.74, 6) is 0. The van der Waals surface area contributed by atoms with Crippen LogP contribution in [0.3, 0.4) is 0 Å². The summed E-state index contributed by atoms with van der Waals surface area (Å²) in [4.78, 5) is 8.78. The van der Waals surface area contributed by atoms with Gasteiger partial charge < -0.3 is 9.38 Å². The molecule has 0 fully saturated rings. The molecule has 0 N–H and O–H groups in total. The fourth-order valence-electron chi connectivity index (χ4n) is 6.75. The molecule has 227 valence electrons. The number of hydrogen-bond acceptors (Lipinski definition) is 2. The average Bonchev–Trinajstić information content (AvgIpc) is 3.68. The number of fused-ring (bicyclic) bond motifs is 12. The summed E-state index contributed by atoms with van der Waals surface area (Å²) < 4.78 is 69.3. The summed E-state index contributed by atoms with van der Waals surface area (Å²) in [6, 6.07) is 42.4. The quantitative estimate of drug-likeness (QED) is 0.123. The Hall–Kier alpha value is -5.15. The van der Waals surface area contributed by atoms with Crippen LogP contribution in [0.5, 0.6) is 0 Å². The van der Waals surface area contributed by atoms with Gasteiger partial charge in [0.2, 0.25) is 0 Å². The summed E-state index contributed by atoms with van der Waals surface area (Å²) in [6.45, 7) is -7.47. The number of para-hydroxylation sites is 2. The predicted molar refractivity (Wildman–Crippen MR) is 193 cm³/mol. The van der Waals surface area contributed by atoms with Crippen LogP contribution in [-0.4, -0.2) is 14.4 Å². The molecule has 0 saturated heterocycles. The van der Waals surface area contributed by atoms with Crippen molar-refractivity contribution in [2.24, 2.45) is 0 Å². The molecule has 1 radical (unpaired) electrons. The standard InChI is InChI=1S/C29H15N2.C14H14N.Ir/c1-2-8-18-17(7-1)20-12-6-14-30-28(20)25-15-24-22-11-5-10-21-19-9-3-4-13-26(19)31(29(21)22)27(24)16-23(18)25;1-10-4-6-13(7-5-10)14-8-11(2)12(3)9-15-14;/h1-14,16H;4-6,8-9H,1-3H3;/q2*-1;/i;1D3,2D3,3D3;. The molecule has 0 spiro atoms. The van der Waals surface area contributed by atoms with E-state index in [1.807, 2.05) is 12.3 Å². The third-order valence-electron chi connectivity index (χ3n) is 8.81. The number of nitrogens with zero attached hydrogens (tertiary/aromatic N) is 3. The maximum absolute atomic E-state index is 7.54. The third kappa shape index (κ3) is 4.52. The summed E-state index contributed by atoms with van der Waals surface area (Å²) in [5, 5.41) is 11.0. The maximum Gasteiger partial charge on any atom is 0.0463 e. The normalized spacial score (nSPS) is 15.2. The van der Waals surface area contributed by atoms with Crippen molar-refractivity contribution >= 4 is 70.5 Å². The first kappa shape index (κ1) is 20.9. The zero-order valence-corrected chi connectivity index (χ0v) is 27.1. The molecular formula is C43H29IrN3-2. The van der Waals surface area contributed by atoms with Crippen LogP contribution in [0, 0.1) is 32.7 Å². The summed E-state index contributed by atoms with van der Waals surface area (Å²) in [5.41, 5.74) is 4.82. The van der Waals surface area contributed by atoms with Gasteiger partial charge in [-0.25, -0.2) is 0 Å². The van der Waals surface area contributed by atoms with Gasteiger partial charge in [0, 0.05) is 72.2 Å². The first-order valence-corrected chi connectivity index (χ1v) is 14.9. The third-order valence-corrected chi connectivity index (χ3v) is 8.81. The molecule has 4 heterocycles. The Kier molecular flexibility index (Phi) is 5.01. The van der Waals surface area contributed by atoms with E-state index >= 15 is 0 Å². The van der Waals surface area contributed by atoms with Gasteiger partial charge in [-0.3, -0.25) is 4.98 Å². The van der Waals surface area contributed by atoms with Crippen molar-refractivity contribution in [3.63, 3.8) is 0 Å². The SMILES string of the molecule is [2H]C([2H])([2H])c1c[c-]c(-c2cc(C([2H])([2H])[2H])c(C([2H])([2H])[2H])cn2)cc1.[Ir].[c-]1c2c(cc3c1c1cccc4c5ccccc5n3c14)c1ccccc1c1cccnc21. The van der Waals surface area contributed by atoms with E-state index in [2.05, 4.69) is 100 Å². The van der Waals surface area contributed by atoms with Crippen LogP contribution in [0.25, 0.3) is 81.8 Å². The summed E-state index contributed by atoms with van der Waals surface area (Å²) >= 11 is 0. The van der Waals surface area contributed by atoms with Gasteiger partial charge in [-0.05, 0) is 58.8 Å². The van der Waals surface area contributed by atoms with E-state index in [4.69, 9.17) is 17.3 Å². The fraction of sp³-hybridized carbons (Fsp3) is 0.0698. The zero-order chi connectivity index (χ0) is 38.4. The maximum atomic E-state index is 7.54. The second kappa shape index (κ2) is 11.3. The van der Waals surface area contributed by atoms with Crippen LogP contribution >= 0.6 is 0 Å². The molecule has 3 nitrogen and oxygen atoms in total. The average molecular weight is 789 g/mol. The van der Waals surface area contributed by atoms with E-state index in [1.165, 1.54) is 83.9 Å². The van der Waals surface area contributed by atoms with Crippen molar-refractivity contribution in [1.82, 2.24) is 14.4 Å². The van der Waals surface area contributed by atoms with E-state index in [0.717, 1.165) is 17.1 Å². The number of hydrogen-bond donors (Lipinski definition) is 0. The number of rotatable bonds is 1. The van der Waals surface area contributed by atoms with Gasteiger partial charge in [0.05, 0.1) is 0 Å². The Balaban J connectivity index is 0.000000161. The van der Waals surface area contributed by atoms with Crippen molar-refractivity contribution < 1.29 is 32.4 Å². The fourth-order valence-corrected chi connectivity index (χ4v) is 6.75. The van der Waals surface area contributed by atoms with Gasteiger partial charge in [0.25, 0.3) is 0 Å². The van der Waals surface area contributed by atoms with Crippen molar-refractivity contribution in [2.75, 3.05) is 0 Å². The zero-order valence-electron chi connectivity index (χ0n) is 33.7. The van der Waals surface area contributed by atoms with E-state index in [-0.39, 0.29) is 42.5 Å². The number of aromatic nitrogens is 3. The molecule has 0 saturated carbocycles. The van der Waals surface area contributed by atoms with Gasteiger partial charge >= 0.3 is 0 Å². The predicted octanol–water partition coefficient (Wildman–Crippen LogP) is 11.0. The first-order valence-electron chi connectivity index (χ1n) is 19.4. The summed E-state index contributed by atoms with van der Waals surface area (Å²) in [6.07, 6.45) is 2.91. The first-order chi connectivity index (χ1) is 26.2. The van der Waals surface area contributed by atoms with Crippen LogP contribution in [0.2, 0.25) is 0 Å². The molecule has 0 aliphatic rings. The molecule has 4 aromatic heterocycles. The smallest absolute Gasteiger partial charge is 0.0463 e. The van der Waals surface area contributed by atoms with Crippen LogP contribution in [0.1, 0.15) is 29.0 Å². The summed E-state index contributed by atoms with van der Waals surface area (Å²) in [7, 11) is 0. The van der Waals surface area contributed by atoms with Crippen molar-refractivity contribution in [3.8, 4) is 11.3 Å². The monoisotopic (exact) mass is 789 g/mol.